The van der Waals surface area contributed by atoms with E-state index in [1.165, 1.54) is 24.1 Å². The number of nitrogens with one attached hydrogen (secondary N) is 1. The van der Waals surface area contributed by atoms with Crippen molar-refractivity contribution < 1.29 is 31.5 Å². The lowest BCUT2D eigenvalue weighted by Crippen LogP contribution is -2.41. The minimum atomic E-state index is -4.81. The first-order chi connectivity index (χ1) is 10.6. The number of nitrogens with zero attached hydrogens (tertiary/aromatic N) is 1. The lowest BCUT2D eigenvalue weighted by atomic mass is 10.1. The van der Waals surface area contributed by atoms with E-state index < -0.39 is 42.9 Å². The number of alkyl halides is 5. The summed E-state index contributed by atoms with van der Waals surface area (Å²) in [7, 11) is 1.40. The van der Waals surface area contributed by atoms with E-state index in [1.54, 1.807) is 0 Å². The molecule has 1 atom stereocenters. The number of amides is 1. The van der Waals surface area contributed by atoms with Crippen LogP contribution in [0.4, 0.5) is 22.0 Å². The van der Waals surface area contributed by atoms with Gasteiger partial charge in [0, 0.05) is 20.0 Å². The van der Waals surface area contributed by atoms with Crippen molar-refractivity contribution >= 4 is 18.3 Å². The van der Waals surface area contributed by atoms with Gasteiger partial charge >= 0.3 is 6.36 Å². The zero-order valence-electron chi connectivity index (χ0n) is 12.6. The first kappa shape index (κ1) is 20.4. The normalized spacial score (nSPS) is 19.5. The molecule has 0 bridgehead atoms. The van der Waals surface area contributed by atoms with Crippen molar-refractivity contribution in [1.29, 1.82) is 0 Å². The molecule has 136 valence electrons. The number of hydrogen-bond acceptors (Lipinski definition) is 3. The molecule has 1 N–H and O–H groups in total. The minimum absolute atomic E-state index is 0. The van der Waals surface area contributed by atoms with Gasteiger partial charge in [0.15, 0.2) is 0 Å². The fourth-order valence-corrected chi connectivity index (χ4v) is 2.35. The Morgan fingerprint density at radius 1 is 1.42 bits per heavy atom. The van der Waals surface area contributed by atoms with Crippen molar-refractivity contribution in [2.45, 2.75) is 31.3 Å². The summed E-state index contributed by atoms with van der Waals surface area (Å²) >= 11 is 0. The average molecular weight is 375 g/mol. The van der Waals surface area contributed by atoms with E-state index in [0.717, 1.165) is 12.1 Å². The number of halogens is 6. The van der Waals surface area contributed by atoms with Crippen LogP contribution in [0.3, 0.4) is 0 Å². The first-order valence-electron chi connectivity index (χ1n) is 6.77. The summed E-state index contributed by atoms with van der Waals surface area (Å²) < 4.78 is 66.5. The topological polar surface area (TPSA) is 41.6 Å². The van der Waals surface area contributed by atoms with Crippen LogP contribution in [0.15, 0.2) is 24.3 Å². The molecule has 0 spiro atoms. The molecule has 0 aromatic heterocycles. The molecule has 1 aliphatic rings. The summed E-state index contributed by atoms with van der Waals surface area (Å²) in [6.07, 6.45) is -5.40. The summed E-state index contributed by atoms with van der Waals surface area (Å²) in [5.41, 5.74) is 0.396. The Balaban J connectivity index is 0.00000288. The third-order valence-electron chi connectivity index (χ3n) is 3.34. The third kappa shape index (κ3) is 5.79. The maximum Gasteiger partial charge on any atom is 0.573 e. The monoisotopic (exact) mass is 374 g/mol. The van der Waals surface area contributed by atoms with Gasteiger partial charge < -0.3 is 9.64 Å². The molecule has 10 heteroatoms. The first-order valence-corrected chi connectivity index (χ1v) is 6.77. The minimum Gasteiger partial charge on any atom is -0.406 e. The number of carbonyl (C=O) groups is 1. The fraction of sp³-hybridized carbons (Fsp3) is 0.500. The van der Waals surface area contributed by atoms with Crippen molar-refractivity contribution in [3.63, 3.8) is 0 Å². The molecule has 0 radical (unpaired) electrons. The zero-order valence-corrected chi connectivity index (χ0v) is 13.4. The van der Waals surface area contributed by atoms with E-state index in [-0.39, 0.29) is 19.0 Å². The molecular weight excluding hydrogens is 359 g/mol. The van der Waals surface area contributed by atoms with Gasteiger partial charge in [0.25, 0.3) is 5.92 Å². The molecule has 2 rings (SSSR count). The molecule has 1 amide bonds. The largest absolute Gasteiger partial charge is 0.573 e. The van der Waals surface area contributed by atoms with Crippen molar-refractivity contribution in [2.24, 2.45) is 0 Å². The van der Waals surface area contributed by atoms with Crippen molar-refractivity contribution in [3.8, 4) is 5.75 Å². The van der Waals surface area contributed by atoms with Gasteiger partial charge in [-0.25, -0.2) is 8.78 Å². The number of likely N-dealkylation sites (N-methyl/N-ethyl adjacent to an activating group) is 1. The van der Waals surface area contributed by atoms with Gasteiger partial charge in [-0.2, -0.15) is 0 Å². The Labute approximate surface area is 141 Å². The Hall–Kier alpha value is -1.61. The molecule has 1 aliphatic heterocycles. The van der Waals surface area contributed by atoms with E-state index in [9.17, 15) is 26.7 Å². The van der Waals surface area contributed by atoms with Crippen LogP contribution in [0.2, 0.25) is 0 Å². The molecular formula is C14H16ClF5N2O2. The molecule has 1 fully saturated rings. The van der Waals surface area contributed by atoms with E-state index in [0.29, 0.717) is 5.56 Å². The Bertz CT molecular complexity index is 583. The second-order valence-corrected chi connectivity index (χ2v) is 5.38. The van der Waals surface area contributed by atoms with Gasteiger partial charge in [-0.05, 0) is 17.7 Å². The number of ether oxygens (including phenoxy) is 1. The lowest BCUT2D eigenvalue weighted by Gasteiger charge is -2.21. The Kier molecular flexibility index (Phi) is 6.40. The molecule has 1 saturated heterocycles. The molecule has 0 saturated carbocycles. The summed E-state index contributed by atoms with van der Waals surface area (Å²) in [4.78, 5) is 13.3. The van der Waals surface area contributed by atoms with Crippen LogP contribution >= 0.6 is 12.4 Å². The smallest absolute Gasteiger partial charge is 0.406 e. The number of hydrogen-bond donors (Lipinski definition) is 1. The van der Waals surface area contributed by atoms with Crippen LogP contribution in [0.25, 0.3) is 0 Å². The summed E-state index contributed by atoms with van der Waals surface area (Å²) in [6, 6.07) is 4.16. The highest BCUT2D eigenvalue weighted by molar-refractivity contribution is 5.85. The summed E-state index contributed by atoms with van der Waals surface area (Å²) in [5, 5.41) is 2.44. The number of rotatable bonds is 4. The maximum atomic E-state index is 13.1. The highest BCUT2D eigenvalue weighted by Gasteiger charge is 2.43. The van der Waals surface area contributed by atoms with E-state index in [4.69, 9.17) is 0 Å². The fourth-order valence-electron chi connectivity index (χ4n) is 2.35. The quantitative estimate of drug-likeness (QED) is 0.824. The van der Waals surface area contributed by atoms with Gasteiger partial charge in [-0.15, -0.1) is 25.6 Å². The van der Waals surface area contributed by atoms with Crippen LogP contribution in [0.1, 0.15) is 12.0 Å². The predicted octanol–water partition coefficient (Wildman–Crippen LogP) is 2.96. The predicted molar refractivity (Wildman–Crippen MR) is 78.2 cm³/mol. The summed E-state index contributed by atoms with van der Waals surface area (Å²) in [5.74, 6) is -3.87. The third-order valence-corrected chi connectivity index (χ3v) is 3.34. The van der Waals surface area contributed by atoms with Gasteiger partial charge in [0.05, 0.1) is 12.6 Å². The van der Waals surface area contributed by atoms with Crippen molar-refractivity contribution in [1.82, 2.24) is 10.2 Å². The van der Waals surface area contributed by atoms with Crippen molar-refractivity contribution in [2.75, 3.05) is 13.6 Å². The SMILES string of the molecule is CN(Cc1cccc(OC(F)(F)F)c1)C(=O)C1CC(F)(F)CN1.Cl. The Morgan fingerprint density at radius 2 is 2.08 bits per heavy atom. The second-order valence-electron chi connectivity index (χ2n) is 5.38. The molecule has 1 unspecified atom stereocenters. The Morgan fingerprint density at radius 3 is 2.62 bits per heavy atom. The highest BCUT2D eigenvalue weighted by atomic mass is 35.5. The van der Waals surface area contributed by atoms with E-state index in [2.05, 4.69) is 10.1 Å². The van der Waals surface area contributed by atoms with Crippen LogP contribution < -0.4 is 10.1 Å². The summed E-state index contributed by atoms with van der Waals surface area (Å²) in [6.45, 7) is -0.580. The van der Waals surface area contributed by atoms with Gasteiger partial charge in [0.1, 0.15) is 5.75 Å². The van der Waals surface area contributed by atoms with Crippen LogP contribution in [-0.4, -0.2) is 42.7 Å². The standard InChI is InChI=1S/C14H15F5N2O2.ClH/c1-21(12(22)11-6-13(15,16)8-20-11)7-9-3-2-4-10(5-9)23-14(17,18)19;/h2-5,11,20H,6-8H2,1H3;1H. The second kappa shape index (κ2) is 7.52. The molecule has 1 aromatic carbocycles. The molecule has 24 heavy (non-hydrogen) atoms. The number of carbonyl (C=O) groups excluding carboxylic acids is 1. The van der Waals surface area contributed by atoms with Crippen molar-refractivity contribution in [3.05, 3.63) is 29.8 Å². The maximum absolute atomic E-state index is 13.1. The van der Waals surface area contributed by atoms with Crippen LogP contribution in [-0.2, 0) is 11.3 Å². The van der Waals surface area contributed by atoms with Gasteiger partial charge in [-0.1, -0.05) is 12.1 Å². The highest BCUT2D eigenvalue weighted by Crippen LogP contribution is 2.27. The molecule has 4 nitrogen and oxygen atoms in total. The van der Waals surface area contributed by atoms with Crippen LogP contribution in [0, 0.1) is 0 Å². The lowest BCUT2D eigenvalue weighted by molar-refractivity contribution is -0.274. The number of benzene rings is 1. The van der Waals surface area contributed by atoms with Gasteiger partial charge in [0.2, 0.25) is 5.91 Å². The van der Waals surface area contributed by atoms with E-state index >= 15 is 0 Å². The zero-order chi connectivity index (χ0) is 17.3. The van der Waals surface area contributed by atoms with Crippen LogP contribution in [0.5, 0.6) is 5.75 Å². The molecule has 1 aromatic rings. The molecule has 0 aliphatic carbocycles. The average Bonchev–Trinajstić information content (AvgIpc) is 2.76. The molecule has 1 heterocycles. The van der Waals surface area contributed by atoms with Gasteiger partial charge in [-0.3, -0.25) is 10.1 Å². The van der Waals surface area contributed by atoms with E-state index in [1.807, 2.05) is 0 Å².